The standard InChI is InChI=1S/C37H39F2N7O7/c1-19(2)9-26-32(48)40-20(3)35-45-29(18-52-35)37(51)46-16-25(41-31(47)13-22-10-23(38)14-24(39)11-22)15-30(46)34(50)43-27(12-21-7-5-4-6-8-21)36-44-28(17-53-36)33(49)42-26/h4-8,10-11,14,17-20,25-27,30H,9,12-13,15-16H2,1-3H3,(H,40,48)(H,41,47)(H,42,49)(H,43,50)/t20-,25+,26-,27+,30+/m1/s1. The Morgan fingerprint density at radius 1 is 0.887 bits per heavy atom. The number of fused-ring (bicyclic) bond motifs is 5. The van der Waals surface area contributed by atoms with Crippen molar-refractivity contribution in [3.63, 3.8) is 0 Å². The molecule has 2 aromatic carbocycles. The topological polar surface area (TPSA) is 189 Å². The van der Waals surface area contributed by atoms with E-state index < -0.39 is 71.4 Å². The summed E-state index contributed by atoms with van der Waals surface area (Å²) in [5, 5.41) is 11.2. The van der Waals surface area contributed by atoms with E-state index in [9.17, 15) is 32.8 Å². The number of hydrogen-bond acceptors (Lipinski definition) is 9. The van der Waals surface area contributed by atoms with Gasteiger partial charge in [0.1, 0.15) is 48.3 Å². The number of carbonyl (C=O) groups is 5. The Hall–Kier alpha value is -5.93. The molecule has 1 fully saturated rings. The number of rotatable bonds is 7. The van der Waals surface area contributed by atoms with E-state index in [2.05, 4.69) is 31.2 Å². The highest BCUT2D eigenvalue weighted by Crippen LogP contribution is 2.26. The fourth-order valence-electron chi connectivity index (χ4n) is 6.50. The molecule has 4 bridgehead atoms. The van der Waals surface area contributed by atoms with Gasteiger partial charge >= 0.3 is 0 Å². The molecule has 53 heavy (non-hydrogen) atoms. The average molecular weight is 732 g/mol. The molecule has 2 aliphatic heterocycles. The van der Waals surface area contributed by atoms with Gasteiger partial charge in [-0.25, -0.2) is 18.7 Å². The lowest BCUT2D eigenvalue weighted by molar-refractivity contribution is -0.126. The van der Waals surface area contributed by atoms with Crippen LogP contribution in [0.3, 0.4) is 0 Å². The second-order valence-electron chi connectivity index (χ2n) is 13.7. The minimum atomic E-state index is -1.14. The molecule has 2 aromatic heterocycles. The van der Waals surface area contributed by atoms with E-state index in [-0.39, 0.29) is 60.5 Å². The van der Waals surface area contributed by atoms with Crippen LogP contribution >= 0.6 is 0 Å². The molecular weight excluding hydrogens is 692 g/mol. The van der Waals surface area contributed by atoms with Crippen molar-refractivity contribution < 1.29 is 41.6 Å². The van der Waals surface area contributed by atoms with Crippen LogP contribution in [0.2, 0.25) is 0 Å². The summed E-state index contributed by atoms with van der Waals surface area (Å²) in [4.78, 5) is 78.0. The maximum Gasteiger partial charge on any atom is 0.276 e. The highest BCUT2D eigenvalue weighted by atomic mass is 19.1. The predicted molar refractivity (Wildman–Crippen MR) is 183 cm³/mol. The minimum absolute atomic E-state index is 0.00823. The Morgan fingerprint density at radius 3 is 2.28 bits per heavy atom. The number of benzene rings is 2. The van der Waals surface area contributed by atoms with Crippen molar-refractivity contribution >= 4 is 29.5 Å². The van der Waals surface area contributed by atoms with Crippen molar-refractivity contribution in [2.75, 3.05) is 6.54 Å². The van der Waals surface area contributed by atoms with Crippen molar-refractivity contribution in [2.45, 2.75) is 76.7 Å². The Kier molecular flexibility index (Phi) is 11.0. The number of aromatic nitrogens is 2. The zero-order valence-electron chi connectivity index (χ0n) is 29.2. The molecule has 0 aliphatic carbocycles. The summed E-state index contributed by atoms with van der Waals surface area (Å²) in [6, 6.07) is 7.40. The van der Waals surface area contributed by atoms with Gasteiger partial charge in [0.25, 0.3) is 11.8 Å². The van der Waals surface area contributed by atoms with Crippen LogP contribution in [0.5, 0.6) is 0 Å². The zero-order valence-corrected chi connectivity index (χ0v) is 29.2. The second-order valence-corrected chi connectivity index (χ2v) is 13.7. The summed E-state index contributed by atoms with van der Waals surface area (Å²) in [7, 11) is 0. The zero-order chi connectivity index (χ0) is 37.8. The van der Waals surface area contributed by atoms with E-state index >= 15 is 0 Å². The number of nitrogens with zero attached hydrogens (tertiary/aromatic N) is 3. The maximum atomic E-state index is 14.2. The summed E-state index contributed by atoms with van der Waals surface area (Å²) in [6.45, 7) is 5.29. The van der Waals surface area contributed by atoms with Gasteiger partial charge in [-0.15, -0.1) is 0 Å². The third-order valence-corrected chi connectivity index (χ3v) is 8.97. The van der Waals surface area contributed by atoms with Crippen LogP contribution < -0.4 is 21.3 Å². The van der Waals surface area contributed by atoms with Gasteiger partial charge in [0.2, 0.25) is 29.5 Å². The Labute approximate surface area is 303 Å². The first kappa shape index (κ1) is 36.8. The quantitative estimate of drug-likeness (QED) is 0.221. The molecule has 0 saturated carbocycles. The first-order chi connectivity index (χ1) is 25.3. The number of carbonyl (C=O) groups excluding carboxylic acids is 5. The third kappa shape index (κ3) is 8.94. The second kappa shape index (κ2) is 15.8. The van der Waals surface area contributed by atoms with Crippen LogP contribution in [0.25, 0.3) is 0 Å². The molecule has 6 rings (SSSR count). The number of oxazole rings is 2. The van der Waals surface area contributed by atoms with Gasteiger partial charge in [0.15, 0.2) is 11.4 Å². The number of hydrogen-bond donors (Lipinski definition) is 4. The molecule has 0 spiro atoms. The van der Waals surface area contributed by atoms with Crippen LogP contribution in [0.1, 0.15) is 89.6 Å². The summed E-state index contributed by atoms with van der Waals surface area (Å²) < 4.78 is 38.9. The van der Waals surface area contributed by atoms with E-state index in [4.69, 9.17) is 8.83 Å². The normalized spacial score (nSPS) is 22.4. The number of halogens is 2. The lowest BCUT2D eigenvalue weighted by atomic mass is 10.0. The highest BCUT2D eigenvalue weighted by molar-refractivity contribution is 5.97. The lowest BCUT2D eigenvalue weighted by Gasteiger charge is -2.25. The van der Waals surface area contributed by atoms with Gasteiger partial charge in [-0.2, -0.15) is 0 Å². The monoisotopic (exact) mass is 731 g/mol. The van der Waals surface area contributed by atoms with E-state index in [0.29, 0.717) is 12.5 Å². The summed E-state index contributed by atoms with van der Waals surface area (Å²) in [5.74, 6) is -4.64. The number of amides is 5. The first-order valence-electron chi connectivity index (χ1n) is 17.2. The Morgan fingerprint density at radius 2 is 1.57 bits per heavy atom. The average Bonchev–Trinajstić information content (AvgIpc) is 3.87. The van der Waals surface area contributed by atoms with E-state index in [1.54, 1.807) is 6.92 Å². The van der Waals surface area contributed by atoms with Crippen molar-refractivity contribution in [3.8, 4) is 0 Å². The Bertz CT molecular complexity index is 1980. The van der Waals surface area contributed by atoms with Gasteiger partial charge in [-0.05, 0) is 48.9 Å². The van der Waals surface area contributed by atoms with Crippen LogP contribution in [-0.4, -0.2) is 69.1 Å². The molecule has 2 aliphatic rings. The van der Waals surface area contributed by atoms with Crippen molar-refractivity contribution in [1.82, 2.24) is 36.1 Å². The van der Waals surface area contributed by atoms with Crippen molar-refractivity contribution in [2.24, 2.45) is 5.92 Å². The van der Waals surface area contributed by atoms with Crippen LogP contribution in [-0.2, 0) is 27.2 Å². The van der Waals surface area contributed by atoms with E-state index in [1.807, 2.05) is 44.2 Å². The molecule has 4 aromatic rings. The van der Waals surface area contributed by atoms with E-state index in [1.165, 1.54) is 4.90 Å². The van der Waals surface area contributed by atoms with Crippen LogP contribution in [0.4, 0.5) is 8.78 Å². The van der Waals surface area contributed by atoms with Gasteiger partial charge in [-0.1, -0.05) is 44.2 Å². The SMILES string of the molecule is CC(C)C[C@H]1NC(=O)c2coc(n2)[C@H](Cc2ccccc2)NC(=O)[C@@H]2C[C@H](NC(=O)Cc3cc(F)cc(F)c3)CN2C(=O)c2coc(n2)[C@@H](C)NC1=O. The van der Waals surface area contributed by atoms with Crippen LogP contribution in [0.15, 0.2) is 69.9 Å². The smallest absolute Gasteiger partial charge is 0.276 e. The molecule has 14 nitrogen and oxygen atoms in total. The lowest BCUT2D eigenvalue weighted by Crippen LogP contribution is -2.48. The number of nitrogens with one attached hydrogen (secondary N) is 4. The molecule has 0 radical (unpaired) electrons. The third-order valence-electron chi connectivity index (χ3n) is 8.97. The van der Waals surface area contributed by atoms with Crippen molar-refractivity contribution in [1.29, 1.82) is 0 Å². The van der Waals surface area contributed by atoms with Gasteiger partial charge < -0.3 is 35.0 Å². The molecule has 1 saturated heterocycles. The molecule has 5 atom stereocenters. The van der Waals surface area contributed by atoms with Gasteiger partial charge in [0, 0.05) is 25.1 Å². The maximum absolute atomic E-state index is 14.2. The van der Waals surface area contributed by atoms with Crippen LogP contribution in [0, 0.1) is 17.6 Å². The largest absolute Gasteiger partial charge is 0.446 e. The fourth-order valence-corrected chi connectivity index (χ4v) is 6.50. The van der Waals surface area contributed by atoms with E-state index in [0.717, 1.165) is 30.2 Å². The molecule has 0 unspecified atom stereocenters. The summed E-state index contributed by atoms with van der Waals surface area (Å²) >= 11 is 0. The molecule has 278 valence electrons. The summed E-state index contributed by atoms with van der Waals surface area (Å²) in [5.41, 5.74) is 0.658. The summed E-state index contributed by atoms with van der Waals surface area (Å²) in [6.07, 6.45) is 2.39. The van der Waals surface area contributed by atoms with Gasteiger partial charge in [0.05, 0.1) is 6.42 Å². The van der Waals surface area contributed by atoms with Gasteiger partial charge in [-0.3, -0.25) is 24.0 Å². The molecule has 4 heterocycles. The predicted octanol–water partition coefficient (Wildman–Crippen LogP) is 3.32. The minimum Gasteiger partial charge on any atom is -0.446 e. The molecule has 5 amide bonds. The van der Waals surface area contributed by atoms with Crippen molar-refractivity contribution in [3.05, 3.63) is 107 Å². The molecule has 16 heteroatoms. The highest BCUT2D eigenvalue weighted by Gasteiger charge is 2.42. The molecule has 4 N–H and O–H groups in total. The first-order valence-corrected chi connectivity index (χ1v) is 17.2. The fraction of sp³-hybridized carbons (Fsp3) is 0.378. The Balaban J connectivity index is 1.33. The molecular formula is C37H39F2N7O7.